The van der Waals surface area contributed by atoms with E-state index in [4.69, 9.17) is 4.74 Å². The van der Waals surface area contributed by atoms with Crippen LogP contribution >= 0.6 is 0 Å². The van der Waals surface area contributed by atoms with Crippen molar-refractivity contribution in [1.82, 2.24) is 4.90 Å². The predicted octanol–water partition coefficient (Wildman–Crippen LogP) is 2.69. The van der Waals surface area contributed by atoms with Crippen LogP contribution in [0.5, 0.6) is 5.75 Å². The van der Waals surface area contributed by atoms with Gasteiger partial charge in [-0.25, -0.2) is 0 Å². The van der Waals surface area contributed by atoms with Crippen LogP contribution in [0.15, 0.2) is 24.3 Å². The van der Waals surface area contributed by atoms with Crippen molar-refractivity contribution in [3.8, 4) is 5.75 Å². The number of aliphatic carboxylic acids is 1. The summed E-state index contributed by atoms with van der Waals surface area (Å²) in [5, 5.41) is 9.18. The molecule has 1 aliphatic heterocycles. The molecule has 1 amide bonds. The third kappa shape index (κ3) is 2.76. The Morgan fingerprint density at radius 2 is 1.79 bits per heavy atom. The van der Waals surface area contributed by atoms with Gasteiger partial charge in [-0.15, -0.1) is 0 Å². The van der Waals surface area contributed by atoms with Crippen LogP contribution in [0.1, 0.15) is 38.7 Å². The second-order valence-corrected chi connectivity index (χ2v) is 7.60. The number of hydrogen-bond acceptors (Lipinski definition) is 3. The molecule has 0 aromatic heterocycles. The van der Waals surface area contributed by atoms with Gasteiger partial charge in [0, 0.05) is 13.1 Å². The van der Waals surface area contributed by atoms with Gasteiger partial charge in [-0.3, -0.25) is 9.59 Å². The number of rotatable bonds is 4. The zero-order chi connectivity index (χ0) is 17.5. The molecule has 1 atom stereocenters. The average molecular weight is 331 g/mol. The third-order valence-electron chi connectivity index (χ3n) is 5.88. The molecule has 130 valence electrons. The van der Waals surface area contributed by atoms with E-state index in [1.807, 2.05) is 43.0 Å². The van der Waals surface area contributed by atoms with E-state index in [-0.39, 0.29) is 17.2 Å². The van der Waals surface area contributed by atoms with Crippen molar-refractivity contribution < 1.29 is 19.4 Å². The Morgan fingerprint density at radius 1 is 1.21 bits per heavy atom. The monoisotopic (exact) mass is 331 g/mol. The van der Waals surface area contributed by atoms with E-state index in [1.165, 1.54) is 0 Å². The molecule has 2 fully saturated rings. The summed E-state index contributed by atoms with van der Waals surface area (Å²) in [5.74, 6) is -0.0110. The van der Waals surface area contributed by atoms with E-state index in [2.05, 4.69) is 0 Å². The Labute approximate surface area is 142 Å². The van der Waals surface area contributed by atoms with Crippen LogP contribution in [0, 0.1) is 11.3 Å². The zero-order valence-electron chi connectivity index (χ0n) is 14.5. The molecule has 2 aliphatic rings. The van der Waals surface area contributed by atoms with Crippen LogP contribution in [0.4, 0.5) is 0 Å². The van der Waals surface area contributed by atoms with Crippen LogP contribution in [-0.4, -0.2) is 42.1 Å². The number of carboxylic acid groups (broad SMARTS) is 1. The van der Waals surface area contributed by atoms with E-state index >= 15 is 0 Å². The number of amides is 1. The lowest BCUT2D eigenvalue weighted by atomic mass is 9.81. The minimum absolute atomic E-state index is 0.0487. The fourth-order valence-electron chi connectivity index (χ4n) is 3.93. The molecule has 1 spiro atoms. The van der Waals surface area contributed by atoms with Crippen LogP contribution in [0.2, 0.25) is 0 Å². The number of likely N-dealkylation sites (tertiary alicyclic amines) is 1. The molecule has 1 aromatic rings. The van der Waals surface area contributed by atoms with Crippen LogP contribution in [0.3, 0.4) is 0 Å². The van der Waals surface area contributed by atoms with Gasteiger partial charge in [-0.1, -0.05) is 12.1 Å². The lowest BCUT2D eigenvalue weighted by Gasteiger charge is -2.37. The number of carbonyl (C=O) groups is 2. The largest absolute Gasteiger partial charge is 0.497 e. The second kappa shape index (κ2) is 5.80. The highest BCUT2D eigenvalue weighted by atomic mass is 16.5. The van der Waals surface area contributed by atoms with Gasteiger partial charge in [0.25, 0.3) is 0 Å². The molecule has 24 heavy (non-hydrogen) atoms. The molecule has 5 heteroatoms. The molecule has 1 saturated carbocycles. The van der Waals surface area contributed by atoms with Gasteiger partial charge in [-0.2, -0.15) is 0 Å². The summed E-state index contributed by atoms with van der Waals surface area (Å²) in [6, 6.07) is 7.61. The van der Waals surface area contributed by atoms with Crippen molar-refractivity contribution >= 4 is 11.9 Å². The molecular weight excluding hydrogens is 306 g/mol. The molecule has 1 N–H and O–H groups in total. The van der Waals surface area contributed by atoms with E-state index < -0.39 is 11.4 Å². The number of nitrogens with zero attached hydrogens (tertiary/aromatic N) is 1. The van der Waals surface area contributed by atoms with Crippen LogP contribution in [-0.2, 0) is 15.0 Å². The SMILES string of the molecule is COc1ccc(C(C)(C)C(=O)N2CCC3(CC2)CC3C(=O)O)cc1. The summed E-state index contributed by atoms with van der Waals surface area (Å²) in [7, 11) is 1.62. The fraction of sp³-hybridized carbons (Fsp3) is 0.579. The number of piperidine rings is 1. The summed E-state index contributed by atoms with van der Waals surface area (Å²) >= 11 is 0. The third-order valence-corrected chi connectivity index (χ3v) is 5.88. The van der Waals surface area contributed by atoms with Crippen molar-refractivity contribution in [1.29, 1.82) is 0 Å². The maximum absolute atomic E-state index is 13.0. The lowest BCUT2D eigenvalue weighted by molar-refractivity contribution is -0.140. The first-order chi connectivity index (χ1) is 11.3. The van der Waals surface area contributed by atoms with Gasteiger partial charge in [-0.05, 0) is 56.2 Å². The quantitative estimate of drug-likeness (QED) is 0.921. The van der Waals surface area contributed by atoms with Crippen LogP contribution < -0.4 is 4.74 Å². The minimum atomic E-state index is -0.687. The van der Waals surface area contributed by atoms with E-state index in [9.17, 15) is 14.7 Å². The average Bonchev–Trinajstić information content (AvgIpc) is 3.29. The highest BCUT2D eigenvalue weighted by Gasteiger charge is 2.59. The Bertz CT molecular complexity index is 642. The molecule has 3 rings (SSSR count). The molecule has 1 heterocycles. The summed E-state index contributed by atoms with van der Waals surface area (Å²) in [4.78, 5) is 26.1. The number of carbonyl (C=O) groups excluding carboxylic acids is 1. The van der Waals surface area contributed by atoms with Crippen molar-refractivity contribution in [3.63, 3.8) is 0 Å². The molecule has 5 nitrogen and oxygen atoms in total. The van der Waals surface area contributed by atoms with Crippen molar-refractivity contribution in [2.24, 2.45) is 11.3 Å². The Morgan fingerprint density at radius 3 is 2.25 bits per heavy atom. The molecule has 1 aliphatic carbocycles. The molecule has 1 saturated heterocycles. The maximum Gasteiger partial charge on any atom is 0.307 e. The number of hydrogen-bond donors (Lipinski definition) is 1. The van der Waals surface area contributed by atoms with Crippen molar-refractivity contribution in [2.45, 2.75) is 38.5 Å². The molecule has 1 aromatic carbocycles. The van der Waals surface area contributed by atoms with Crippen molar-refractivity contribution in [2.75, 3.05) is 20.2 Å². The molecule has 0 bridgehead atoms. The standard InChI is InChI=1S/C19H25NO4/c1-18(2,13-4-6-14(24-3)7-5-13)17(23)20-10-8-19(9-11-20)12-15(19)16(21)22/h4-7,15H,8-12H2,1-3H3,(H,21,22). The smallest absolute Gasteiger partial charge is 0.307 e. The molecule has 0 radical (unpaired) electrons. The lowest BCUT2D eigenvalue weighted by Crippen LogP contribution is -2.47. The fourth-order valence-corrected chi connectivity index (χ4v) is 3.93. The van der Waals surface area contributed by atoms with Gasteiger partial charge < -0.3 is 14.7 Å². The predicted molar refractivity (Wildman–Crippen MR) is 90.0 cm³/mol. The van der Waals surface area contributed by atoms with Gasteiger partial charge in [0.15, 0.2) is 0 Å². The molecular formula is C19H25NO4. The van der Waals surface area contributed by atoms with E-state index in [0.717, 1.165) is 30.6 Å². The summed E-state index contributed by atoms with van der Waals surface area (Å²) in [6.45, 7) is 5.20. The number of benzene rings is 1. The van der Waals surface area contributed by atoms with E-state index in [1.54, 1.807) is 7.11 Å². The normalized spacial score (nSPS) is 22.3. The summed E-state index contributed by atoms with van der Waals surface area (Å²) in [6.07, 6.45) is 2.37. The first-order valence-electron chi connectivity index (χ1n) is 8.47. The first-order valence-corrected chi connectivity index (χ1v) is 8.47. The Balaban J connectivity index is 1.67. The zero-order valence-corrected chi connectivity index (χ0v) is 14.5. The summed E-state index contributed by atoms with van der Waals surface area (Å²) in [5.41, 5.74) is 0.308. The van der Waals surface area contributed by atoms with E-state index in [0.29, 0.717) is 13.1 Å². The van der Waals surface area contributed by atoms with Gasteiger partial charge in [0.05, 0.1) is 18.4 Å². The second-order valence-electron chi connectivity index (χ2n) is 7.60. The van der Waals surface area contributed by atoms with Gasteiger partial charge in [0.1, 0.15) is 5.75 Å². The van der Waals surface area contributed by atoms with Crippen molar-refractivity contribution in [3.05, 3.63) is 29.8 Å². The van der Waals surface area contributed by atoms with Crippen LogP contribution in [0.25, 0.3) is 0 Å². The topological polar surface area (TPSA) is 66.8 Å². The number of methoxy groups -OCH3 is 1. The Kier molecular flexibility index (Phi) is 4.06. The van der Waals surface area contributed by atoms with Gasteiger partial charge >= 0.3 is 5.97 Å². The first kappa shape index (κ1) is 16.8. The minimum Gasteiger partial charge on any atom is -0.497 e. The Hall–Kier alpha value is -2.04. The number of carboxylic acids is 1. The highest BCUT2D eigenvalue weighted by molar-refractivity contribution is 5.87. The molecule has 1 unspecified atom stereocenters. The maximum atomic E-state index is 13.0. The summed E-state index contributed by atoms with van der Waals surface area (Å²) < 4.78 is 5.17. The highest BCUT2D eigenvalue weighted by Crippen LogP contribution is 2.59. The number of ether oxygens (including phenoxy) is 1. The van der Waals surface area contributed by atoms with Gasteiger partial charge in [0.2, 0.25) is 5.91 Å².